The molecule has 0 spiro atoms. The first-order chi connectivity index (χ1) is 14.1. The lowest BCUT2D eigenvalue weighted by atomic mass is 9.90. The fraction of sp³-hybridized carbons (Fsp3) is 0.600. The van der Waals surface area contributed by atoms with Crippen molar-refractivity contribution in [1.29, 1.82) is 0 Å². The van der Waals surface area contributed by atoms with Gasteiger partial charge in [0.1, 0.15) is 0 Å². The van der Waals surface area contributed by atoms with E-state index in [0.29, 0.717) is 11.8 Å². The highest BCUT2D eigenvalue weighted by Gasteiger charge is 2.08. The van der Waals surface area contributed by atoms with Gasteiger partial charge in [-0.2, -0.15) is 0 Å². The molecule has 0 saturated heterocycles. The molecule has 170 valence electrons. The van der Waals surface area contributed by atoms with E-state index in [0.717, 1.165) is 19.3 Å². The van der Waals surface area contributed by atoms with E-state index in [-0.39, 0.29) is 0 Å². The van der Waals surface area contributed by atoms with Gasteiger partial charge in [-0.3, -0.25) is 0 Å². The molecule has 0 saturated carbocycles. The molecule has 0 bridgehead atoms. The van der Waals surface area contributed by atoms with E-state index < -0.39 is 0 Å². The molecule has 0 aliphatic heterocycles. The number of hydrogen-bond donors (Lipinski definition) is 0. The lowest BCUT2D eigenvalue weighted by Crippen LogP contribution is -2.00. The van der Waals surface area contributed by atoms with Crippen molar-refractivity contribution < 1.29 is 0 Å². The summed E-state index contributed by atoms with van der Waals surface area (Å²) in [5.41, 5.74) is 7.48. The van der Waals surface area contributed by atoms with Gasteiger partial charge in [0.15, 0.2) is 0 Å². The van der Waals surface area contributed by atoms with E-state index in [4.69, 9.17) is 0 Å². The predicted octanol–water partition coefficient (Wildman–Crippen LogP) is 10.3. The summed E-state index contributed by atoms with van der Waals surface area (Å²) in [6, 6.07) is 0. The predicted molar refractivity (Wildman–Crippen MR) is 140 cm³/mol. The van der Waals surface area contributed by atoms with Crippen LogP contribution in [0.4, 0.5) is 0 Å². The third-order valence-corrected chi connectivity index (χ3v) is 5.75. The molecule has 0 heterocycles. The Balaban J connectivity index is 4.79. The van der Waals surface area contributed by atoms with Crippen LogP contribution in [0.15, 0.2) is 70.9 Å². The summed E-state index contributed by atoms with van der Waals surface area (Å²) in [7, 11) is 0. The van der Waals surface area contributed by atoms with E-state index in [9.17, 15) is 0 Å². The van der Waals surface area contributed by atoms with Gasteiger partial charge < -0.3 is 0 Å². The monoisotopic (exact) mass is 410 g/mol. The first-order valence-corrected chi connectivity index (χ1v) is 12.0. The Kier molecular flexibility index (Phi) is 16.3. The van der Waals surface area contributed by atoms with Crippen molar-refractivity contribution in [3.63, 3.8) is 0 Å². The van der Waals surface area contributed by atoms with Crippen LogP contribution >= 0.6 is 0 Å². The molecule has 0 aliphatic carbocycles. The maximum Gasteiger partial charge on any atom is -0.0134 e. The lowest BCUT2D eigenvalue weighted by molar-refractivity contribution is 0.600. The first-order valence-electron chi connectivity index (χ1n) is 12.0. The average molecular weight is 411 g/mol. The van der Waals surface area contributed by atoms with Gasteiger partial charge in [-0.1, -0.05) is 78.2 Å². The minimum atomic E-state index is 0.550. The highest BCUT2D eigenvalue weighted by atomic mass is 14.1. The zero-order valence-electron chi connectivity index (χ0n) is 21.5. The zero-order chi connectivity index (χ0) is 22.9. The first kappa shape index (κ1) is 28.4. The number of hydrogen-bond acceptors (Lipinski definition) is 0. The van der Waals surface area contributed by atoms with Crippen LogP contribution < -0.4 is 0 Å². The van der Waals surface area contributed by atoms with Crippen LogP contribution in [0.1, 0.15) is 107 Å². The summed E-state index contributed by atoms with van der Waals surface area (Å²) in [5, 5.41) is 0. The molecule has 0 N–H and O–H groups in total. The van der Waals surface area contributed by atoms with Gasteiger partial charge in [-0.15, -0.1) is 6.58 Å². The summed E-state index contributed by atoms with van der Waals surface area (Å²) in [6.07, 6.45) is 23.4. The number of rotatable bonds is 15. The minimum absolute atomic E-state index is 0.550. The van der Waals surface area contributed by atoms with Crippen molar-refractivity contribution in [2.24, 2.45) is 11.8 Å². The van der Waals surface area contributed by atoms with Crippen molar-refractivity contribution in [2.45, 2.75) is 107 Å². The van der Waals surface area contributed by atoms with E-state index in [1.165, 1.54) is 54.4 Å². The van der Waals surface area contributed by atoms with Crippen LogP contribution in [0.5, 0.6) is 0 Å². The fourth-order valence-corrected chi connectivity index (χ4v) is 3.36. The zero-order valence-corrected chi connectivity index (χ0v) is 21.5. The molecule has 0 aromatic heterocycles. The van der Waals surface area contributed by atoms with Gasteiger partial charge in [0.25, 0.3) is 0 Å². The van der Waals surface area contributed by atoms with E-state index in [2.05, 4.69) is 98.4 Å². The Bertz CT molecular complexity index is 625. The Morgan fingerprint density at radius 2 is 1.23 bits per heavy atom. The van der Waals surface area contributed by atoms with E-state index in [1.807, 2.05) is 0 Å². The van der Waals surface area contributed by atoms with Crippen LogP contribution in [0.2, 0.25) is 0 Å². The molecule has 0 amide bonds. The molecule has 0 fully saturated rings. The average Bonchev–Trinajstić information content (AvgIpc) is 2.66. The molecular weight excluding hydrogens is 360 g/mol. The molecule has 0 aromatic rings. The van der Waals surface area contributed by atoms with Crippen LogP contribution in [0.25, 0.3) is 0 Å². The minimum Gasteiger partial charge on any atom is -0.103 e. The van der Waals surface area contributed by atoms with Crippen molar-refractivity contribution in [2.75, 3.05) is 0 Å². The SMILES string of the molecule is C=C[C@@H](C)C/C=C(\C/C=C(/C)CC/C=C(\C)CCC=C(C)C)[C@H](C)CCC=C(C)C. The number of allylic oxidation sites excluding steroid dienone is 11. The smallest absolute Gasteiger partial charge is 0.0134 e. The third kappa shape index (κ3) is 16.3. The standard InChI is InChI=1S/C30H50/c1-10-26(6)20-22-30(29(9)19-12-15-25(4)5)23-21-28(8)18-13-17-27(7)16-11-14-24(2)3/h10,14-15,17,21-22,26,29H,1,11-13,16,18-20,23H2,2-9H3/b27-17+,28-21-,30-22+/t26-,29-/m1/s1. The second-order valence-electron chi connectivity index (χ2n) is 9.65. The Labute approximate surface area is 189 Å². The molecule has 0 unspecified atom stereocenters. The molecule has 0 aromatic carbocycles. The maximum atomic E-state index is 3.94. The molecule has 0 heteroatoms. The Hall–Kier alpha value is -1.56. The highest BCUT2D eigenvalue weighted by molar-refractivity contribution is 5.15. The molecule has 30 heavy (non-hydrogen) atoms. The van der Waals surface area contributed by atoms with Crippen LogP contribution in [0, 0.1) is 11.8 Å². The van der Waals surface area contributed by atoms with Gasteiger partial charge in [0.2, 0.25) is 0 Å². The molecule has 2 atom stereocenters. The molecular formula is C30H50. The second kappa shape index (κ2) is 17.2. The molecule has 0 radical (unpaired) electrons. The van der Waals surface area contributed by atoms with E-state index in [1.54, 1.807) is 5.57 Å². The normalized spacial score (nSPS) is 14.9. The van der Waals surface area contributed by atoms with Gasteiger partial charge in [-0.25, -0.2) is 0 Å². The van der Waals surface area contributed by atoms with Gasteiger partial charge in [0, 0.05) is 0 Å². The van der Waals surface area contributed by atoms with Crippen LogP contribution in [-0.4, -0.2) is 0 Å². The second-order valence-corrected chi connectivity index (χ2v) is 9.65. The van der Waals surface area contributed by atoms with Gasteiger partial charge >= 0.3 is 0 Å². The molecule has 0 nitrogen and oxygen atoms in total. The largest absolute Gasteiger partial charge is 0.103 e. The lowest BCUT2D eigenvalue weighted by Gasteiger charge is -2.16. The van der Waals surface area contributed by atoms with Crippen LogP contribution in [-0.2, 0) is 0 Å². The van der Waals surface area contributed by atoms with Crippen molar-refractivity contribution in [1.82, 2.24) is 0 Å². The van der Waals surface area contributed by atoms with Gasteiger partial charge in [-0.05, 0) is 105 Å². The van der Waals surface area contributed by atoms with Gasteiger partial charge in [0.05, 0.1) is 0 Å². The highest BCUT2D eigenvalue weighted by Crippen LogP contribution is 2.24. The summed E-state index contributed by atoms with van der Waals surface area (Å²) in [6.45, 7) is 21.9. The van der Waals surface area contributed by atoms with Crippen molar-refractivity contribution in [3.05, 3.63) is 70.9 Å². The summed E-state index contributed by atoms with van der Waals surface area (Å²) < 4.78 is 0. The third-order valence-electron chi connectivity index (χ3n) is 5.75. The van der Waals surface area contributed by atoms with E-state index >= 15 is 0 Å². The fourth-order valence-electron chi connectivity index (χ4n) is 3.36. The Morgan fingerprint density at radius 1 is 0.700 bits per heavy atom. The molecule has 0 rings (SSSR count). The summed E-state index contributed by atoms with van der Waals surface area (Å²) in [5.74, 6) is 1.19. The maximum absolute atomic E-state index is 3.94. The Morgan fingerprint density at radius 3 is 1.80 bits per heavy atom. The quantitative estimate of drug-likeness (QED) is 0.235. The molecule has 0 aliphatic rings. The summed E-state index contributed by atoms with van der Waals surface area (Å²) in [4.78, 5) is 0. The topological polar surface area (TPSA) is 0 Å². The van der Waals surface area contributed by atoms with Crippen molar-refractivity contribution >= 4 is 0 Å². The van der Waals surface area contributed by atoms with Crippen LogP contribution in [0.3, 0.4) is 0 Å². The van der Waals surface area contributed by atoms with Crippen molar-refractivity contribution in [3.8, 4) is 0 Å². The summed E-state index contributed by atoms with van der Waals surface area (Å²) >= 11 is 0.